The number of aliphatic hydroxyl groups is 2. The predicted octanol–water partition coefficient (Wildman–Crippen LogP) is 2.49. The van der Waals surface area contributed by atoms with Gasteiger partial charge in [-0.25, -0.2) is 0 Å². The van der Waals surface area contributed by atoms with Crippen LogP contribution in [0.3, 0.4) is 0 Å². The predicted molar refractivity (Wildman–Crippen MR) is 131 cm³/mol. The molecule has 2 rings (SSSR count). The van der Waals surface area contributed by atoms with Gasteiger partial charge in [-0.15, -0.1) is 0 Å². The van der Waals surface area contributed by atoms with E-state index in [4.69, 9.17) is 9.47 Å². The van der Waals surface area contributed by atoms with Crippen molar-refractivity contribution < 1.29 is 29.3 Å². The van der Waals surface area contributed by atoms with Gasteiger partial charge < -0.3 is 30.3 Å². The van der Waals surface area contributed by atoms with Crippen LogP contribution in [0, 0.1) is 0 Å². The summed E-state index contributed by atoms with van der Waals surface area (Å²) in [6.07, 6.45) is -1.52. The maximum Gasteiger partial charge on any atom is 0.221 e. The molecule has 0 bridgehead atoms. The van der Waals surface area contributed by atoms with E-state index < -0.39 is 12.2 Å². The van der Waals surface area contributed by atoms with Crippen molar-refractivity contribution in [2.75, 3.05) is 36.9 Å². The van der Waals surface area contributed by atoms with Crippen LogP contribution in [0.2, 0.25) is 0 Å². The zero-order valence-corrected chi connectivity index (χ0v) is 20.2. The van der Waals surface area contributed by atoms with E-state index in [9.17, 15) is 19.8 Å². The third-order valence-corrected chi connectivity index (χ3v) is 4.85. The smallest absolute Gasteiger partial charge is 0.221 e. The van der Waals surface area contributed by atoms with Gasteiger partial charge in [0.15, 0.2) is 0 Å². The summed E-state index contributed by atoms with van der Waals surface area (Å²) in [7, 11) is 0. The van der Waals surface area contributed by atoms with Crippen LogP contribution >= 0.6 is 0 Å². The van der Waals surface area contributed by atoms with Crippen LogP contribution in [0.15, 0.2) is 48.5 Å². The molecule has 0 spiro atoms. The molecule has 0 aliphatic rings. The van der Waals surface area contributed by atoms with Gasteiger partial charge in [0.05, 0.1) is 0 Å². The topological polar surface area (TPSA) is 120 Å². The molecule has 2 aromatic rings. The Morgan fingerprint density at radius 2 is 1.12 bits per heavy atom. The highest BCUT2D eigenvalue weighted by Gasteiger charge is 2.19. The number of carbonyl (C=O) groups is 2. The average molecular weight is 474 g/mol. The van der Waals surface area contributed by atoms with E-state index in [2.05, 4.69) is 10.6 Å². The van der Waals surface area contributed by atoms with Crippen LogP contribution in [0.25, 0.3) is 0 Å². The fraction of sp³-hybridized carbons (Fsp3) is 0.440. The second-order valence-electron chi connectivity index (χ2n) is 8.39. The van der Waals surface area contributed by atoms with Crippen molar-refractivity contribution in [1.82, 2.24) is 4.90 Å². The van der Waals surface area contributed by atoms with Crippen molar-refractivity contribution in [2.24, 2.45) is 0 Å². The quantitative estimate of drug-likeness (QED) is 0.353. The van der Waals surface area contributed by atoms with Crippen molar-refractivity contribution >= 4 is 23.2 Å². The Balaban J connectivity index is 1.77. The third kappa shape index (κ3) is 10.2. The molecule has 0 radical (unpaired) electrons. The molecule has 0 fully saturated rings. The molecule has 0 heterocycles. The number of ether oxygens (including phenoxy) is 2. The van der Waals surface area contributed by atoms with E-state index in [-0.39, 0.29) is 31.1 Å². The molecule has 2 aromatic carbocycles. The molecule has 0 aliphatic carbocycles. The van der Waals surface area contributed by atoms with Crippen LogP contribution in [-0.4, -0.2) is 71.5 Å². The number of hydrogen-bond acceptors (Lipinski definition) is 7. The SMILES string of the molecule is CC(=O)Nc1ccc(OC[C@@H](O)CN(C[C@H](O)COc2ccc(NC(C)=O)cc2)C(C)C)cc1. The first-order valence-corrected chi connectivity index (χ1v) is 11.2. The highest BCUT2D eigenvalue weighted by Crippen LogP contribution is 2.17. The fourth-order valence-corrected chi connectivity index (χ4v) is 3.20. The Bertz CT molecular complexity index is 830. The molecule has 0 saturated carbocycles. The van der Waals surface area contributed by atoms with Crippen LogP contribution in [0.5, 0.6) is 11.5 Å². The number of rotatable bonds is 13. The summed E-state index contributed by atoms with van der Waals surface area (Å²) in [5.41, 5.74) is 1.34. The van der Waals surface area contributed by atoms with Gasteiger partial charge in [-0.05, 0) is 62.4 Å². The maximum absolute atomic E-state index is 11.1. The number of nitrogens with zero attached hydrogens (tertiary/aromatic N) is 1. The zero-order chi connectivity index (χ0) is 25.1. The molecule has 0 saturated heterocycles. The van der Waals surface area contributed by atoms with E-state index >= 15 is 0 Å². The molecule has 2 atom stereocenters. The van der Waals surface area contributed by atoms with Gasteiger partial charge >= 0.3 is 0 Å². The molecule has 2 amide bonds. The van der Waals surface area contributed by atoms with E-state index in [1.165, 1.54) is 13.8 Å². The van der Waals surface area contributed by atoms with Gasteiger partial charge in [0.1, 0.15) is 36.9 Å². The molecule has 0 aromatic heterocycles. The first-order valence-electron chi connectivity index (χ1n) is 11.2. The molecule has 0 unspecified atom stereocenters. The van der Waals surface area contributed by atoms with E-state index in [1.54, 1.807) is 48.5 Å². The molecule has 4 N–H and O–H groups in total. The number of aliphatic hydroxyl groups excluding tert-OH is 2. The monoisotopic (exact) mass is 473 g/mol. The van der Waals surface area contributed by atoms with Crippen LogP contribution in [0.1, 0.15) is 27.7 Å². The van der Waals surface area contributed by atoms with Crippen LogP contribution < -0.4 is 20.1 Å². The summed E-state index contributed by atoms with van der Waals surface area (Å²) in [4.78, 5) is 24.1. The Hall–Kier alpha value is -3.14. The van der Waals surface area contributed by atoms with Crippen LogP contribution in [-0.2, 0) is 9.59 Å². The summed E-state index contributed by atoms with van der Waals surface area (Å²) < 4.78 is 11.3. The van der Waals surface area contributed by atoms with Gasteiger partial charge in [0.25, 0.3) is 0 Å². The van der Waals surface area contributed by atoms with Gasteiger partial charge in [-0.1, -0.05) is 0 Å². The summed E-state index contributed by atoms with van der Waals surface area (Å²) >= 11 is 0. The fourth-order valence-electron chi connectivity index (χ4n) is 3.20. The minimum atomic E-state index is -0.758. The zero-order valence-electron chi connectivity index (χ0n) is 20.2. The number of carbonyl (C=O) groups excluding carboxylic acids is 2. The molecular formula is C25H35N3O6. The van der Waals surface area contributed by atoms with Crippen molar-refractivity contribution in [3.05, 3.63) is 48.5 Å². The lowest BCUT2D eigenvalue weighted by Crippen LogP contribution is -2.45. The minimum absolute atomic E-state index is 0.0932. The van der Waals surface area contributed by atoms with Gasteiger partial charge in [-0.2, -0.15) is 0 Å². The normalized spacial score (nSPS) is 12.8. The molecule has 0 aliphatic heterocycles. The average Bonchev–Trinajstić information content (AvgIpc) is 2.77. The van der Waals surface area contributed by atoms with Gasteiger partial charge in [-0.3, -0.25) is 14.5 Å². The van der Waals surface area contributed by atoms with E-state index in [1.807, 2.05) is 18.7 Å². The summed E-state index contributed by atoms with van der Waals surface area (Å²) in [6, 6.07) is 13.9. The molecular weight excluding hydrogens is 438 g/mol. The largest absolute Gasteiger partial charge is 0.491 e. The molecule has 34 heavy (non-hydrogen) atoms. The lowest BCUT2D eigenvalue weighted by atomic mass is 10.2. The Morgan fingerprint density at radius 1 is 0.765 bits per heavy atom. The first-order chi connectivity index (χ1) is 16.1. The van der Waals surface area contributed by atoms with Crippen LogP contribution in [0.4, 0.5) is 11.4 Å². The highest BCUT2D eigenvalue weighted by atomic mass is 16.5. The Morgan fingerprint density at radius 3 is 1.41 bits per heavy atom. The lowest BCUT2D eigenvalue weighted by Gasteiger charge is -2.30. The maximum atomic E-state index is 11.1. The molecule has 9 heteroatoms. The number of amides is 2. The summed E-state index contributed by atoms with van der Waals surface area (Å²) in [5, 5.41) is 26.3. The first kappa shape index (κ1) is 27.1. The Labute approximate surface area is 200 Å². The highest BCUT2D eigenvalue weighted by molar-refractivity contribution is 5.89. The standard InChI is InChI=1S/C25H35N3O6/c1-17(2)28(13-22(31)15-33-24-9-5-20(6-10-24)26-18(3)29)14-23(32)16-34-25-11-7-21(8-12-25)27-19(4)30/h5-12,17,22-23,31-32H,13-16H2,1-4H3,(H,26,29)(H,27,30)/t22-,23-/m0/s1. The van der Waals surface area contributed by atoms with Crippen molar-refractivity contribution in [1.29, 1.82) is 0 Å². The summed E-state index contributed by atoms with van der Waals surface area (Å²) in [5.74, 6) is 0.875. The van der Waals surface area contributed by atoms with Crippen molar-refractivity contribution in [3.63, 3.8) is 0 Å². The number of anilines is 2. The van der Waals surface area contributed by atoms with Crippen molar-refractivity contribution in [2.45, 2.75) is 45.9 Å². The minimum Gasteiger partial charge on any atom is -0.491 e. The Kier molecular flexibility index (Phi) is 10.8. The number of benzene rings is 2. The van der Waals surface area contributed by atoms with Crippen molar-refractivity contribution in [3.8, 4) is 11.5 Å². The second kappa shape index (κ2) is 13.5. The lowest BCUT2D eigenvalue weighted by molar-refractivity contribution is -0.115. The van der Waals surface area contributed by atoms with E-state index in [0.29, 0.717) is 36.0 Å². The third-order valence-electron chi connectivity index (χ3n) is 4.85. The molecule has 9 nitrogen and oxygen atoms in total. The summed E-state index contributed by atoms with van der Waals surface area (Å²) in [6.45, 7) is 7.69. The second-order valence-corrected chi connectivity index (χ2v) is 8.39. The number of hydrogen-bond donors (Lipinski definition) is 4. The van der Waals surface area contributed by atoms with Gasteiger partial charge in [0.2, 0.25) is 11.8 Å². The molecule has 186 valence electrons. The van der Waals surface area contributed by atoms with Gasteiger partial charge in [0, 0.05) is 44.4 Å². The number of nitrogens with one attached hydrogen (secondary N) is 2. The van der Waals surface area contributed by atoms with E-state index in [0.717, 1.165) is 0 Å².